The lowest BCUT2D eigenvalue weighted by molar-refractivity contribution is -0.121. The highest BCUT2D eigenvalue weighted by molar-refractivity contribution is 5.83. The molecule has 1 aliphatic carbocycles. The van der Waals surface area contributed by atoms with Crippen LogP contribution in [0.2, 0.25) is 0 Å². The first-order chi connectivity index (χ1) is 12.1. The number of fused-ring (bicyclic) bond motifs is 1. The molecule has 7 nitrogen and oxygen atoms in total. The number of nitrogens with one attached hydrogen (secondary N) is 1. The van der Waals surface area contributed by atoms with Gasteiger partial charge in [-0.3, -0.25) is 9.59 Å². The molecule has 3 aromatic rings. The maximum absolute atomic E-state index is 13.2. The maximum Gasteiger partial charge on any atom is 0.293 e. The second-order valence-corrected chi connectivity index (χ2v) is 6.09. The number of halogens is 1. The van der Waals surface area contributed by atoms with Crippen molar-refractivity contribution in [1.29, 1.82) is 0 Å². The number of benzene rings is 1. The van der Waals surface area contributed by atoms with Crippen LogP contribution in [0.5, 0.6) is 0 Å². The third-order valence-corrected chi connectivity index (χ3v) is 4.32. The Morgan fingerprint density at radius 1 is 1.32 bits per heavy atom. The molecule has 0 spiro atoms. The topological polar surface area (TPSA) is 81.8 Å². The average molecular weight is 341 g/mol. The highest BCUT2D eigenvalue weighted by Crippen LogP contribution is 2.41. The van der Waals surface area contributed by atoms with E-state index in [-0.39, 0.29) is 24.2 Å². The highest BCUT2D eigenvalue weighted by Gasteiger charge is 2.30. The summed E-state index contributed by atoms with van der Waals surface area (Å²) in [6, 6.07) is 5.74. The van der Waals surface area contributed by atoms with E-state index < -0.39 is 5.56 Å². The normalized spacial score (nSPS) is 14.0. The molecule has 4 rings (SSSR count). The van der Waals surface area contributed by atoms with Crippen LogP contribution in [-0.2, 0) is 11.3 Å². The van der Waals surface area contributed by atoms with Gasteiger partial charge in [0.25, 0.3) is 5.56 Å². The van der Waals surface area contributed by atoms with Crippen molar-refractivity contribution in [2.75, 3.05) is 7.05 Å². The second kappa shape index (κ2) is 5.80. The first kappa shape index (κ1) is 15.5. The van der Waals surface area contributed by atoms with Crippen LogP contribution >= 0.6 is 0 Å². The summed E-state index contributed by atoms with van der Waals surface area (Å²) in [6.07, 6.45) is 3.62. The number of carbonyl (C=O) groups excluding carboxylic acids is 1. The fourth-order valence-electron chi connectivity index (χ4n) is 2.85. The fraction of sp³-hybridized carbons (Fsp3) is 0.294. The quantitative estimate of drug-likeness (QED) is 0.776. The SMILES string of the molecule is CNC(=O)Cn1nc(C2CC2)c2cnn(-c3ccc(F)cc3)c2c1=O. The summed E-state index contributed by atoms with van der Waals surface area (Å²) in [5, 5.41) is 11.9. The van der Waals surface area contributed by atoms with Gasteiger partial charge in [0.05, 0.1) is 17.6 Å². The Hall–Kier alpha value is -3.03. The Kier molecular flexibility index (Phi) is 3.60. The standard InChI is InChI=1S/C17H16FN5O2/c1-19-14(24)9-22-17(25)16-13(15(21-22)10-2-3-10)8-20-23(16)12-6-4-11(18)5-7-12/h4-8,10H,2-3,9H2,1H3,(H,19,24). The summed E-state index contributed by atoms with van der Waals surface area (Å²) in [4.78, 5) is 24.6. The lowest BCUT2D eigenvalue weighted by Gasteiger charge is -2.09. The summed E-state index contributed by atoms with van der Waals surface area (Å²) in [5.74, 6) is -0.383. The van der Waals surface area contributed by atoms with E-state index in [0.717, 1.165) is 18.5 Å². The molecule has 128 valence electrons. The Bertz CT molecular complexity index is 1020. The minimum absolute atomic E-state index is 0.153. The lowest BCUT2D eigenvalue weighted by atomic mass is 10.2. The van der Waals surface area contributed by atoms with Crippen molar-refractivity contribution in [2.24, 2.45) is 0 Å². The molecule has 0 aliphatic heterocycles. The van der Waals surface area contributed by atoms with Crippen LogP contribution in [0, 0.1) is 5.82 Å². The van der Waals surface area contributed by atoms with Crippen molar-refractivity contribution in [2.45, 2.75) is 25.3 Å². The Balaban J connectivity index is 1.95. The van der Waals surface area contributed by atoms with Crippen LogP contribution in [0.25, 0.3) is 16.6 Å². The van der Waals surface area contributed by atoms with Gasteiger partial charge in [0.15, 0.2) is 0 Å². The summed E-state index contributed by atoms with van der Waals surface area (Å²) >= 11 is 0. The van der Waals surface area contributed by atoms with E-state index in [0.29, 0.717) is 16.6 Å². The molecule has 1 fully saturated rings. The third kappa shape index (κ3) is 2.69. The molecule has 0 saturated heterocycles. The molecule has 1 amide bonds. The molecule has 1 N–H and O–H groups in total. The molecule has 2 heterocycles. The monoisotopic (exact) mass is 341 g/mol. The third-order valence-electron chi connectivity index (χ3n) is 4.32. The van der Waals surface area contributed by atoms with Gasteiger partial charge in [0, 0.05) is 18.4 Å². The van der Waals surface area contributed by atoms with Gasteiger partial charge in [-0.15, -0.1) is 0 Å². The molecule has 2 aromatic heterocycles. The molecular formula is C17H16FN5O2. The molecule has 25 heavy (non-hydrogen) atoms. The first-order valence-corrected chi connectivity index (χ1v) is 8.03. The minimum Gasteiger partial charge on any atom is -0.358 e. The predicted molar refractivity (Wildman–Crippen MR) is 89.1 cm³/mol. The van der Waals surface area contributed by atoms with Crippen molar-refractivity contribution in [3.05, 3.63) is 52.3 Å². The average Bonchev–Trinajstić information content (AvgIpc) is 3.36. The largest absolute Gasteiger partial charge is 0.358 e. The molecule has 0 bridgehead atoms. The molecular weight excluding hydrogens is 325 g/mol. The van der Waals surface area contributed by atoms with E-state index in [1.54, 1.807) is 18.3 Å². The van der Waals surface area contributed by atoms with E-state index in [1.807, 2.05) is 0 Å². The molecule has 0 radical (unpaired) electrons. The zero-order chi connectivity index (χ0) is 17.6. The molecule has 0 atom stereocenters. The maximum atomic E-state index is 13.2. The molecule has 1 aromatic carbocycles. The summed E-state index contributed by atoms with van der Waals surface area (Å²) < 4.78 is 15.9. The van der Waals surface area contributed by atoms with Crippen molar-refractivity contribution in [1.82, 2.24) is 24.9 Å². The van der Waals surface area contributed by atoms with Gasteiger partial charge in [-0.05, 0) is 37.1 Å². The van der Waals surface area contributed by atoms with Crippen molar-refractivity contribution >= 4 is 16.8 Å². The molecule has 0 unspecified atom stereocenters. The van der Waals surface area contributed by atoms with Gasteiger partial charge in [-0.25, -0.2) is 13.8 Å². The Labute approximate surface area is 142 Å². The van der Waals surface area contributed by atoms with Crippen LogP contribution < -0.4 is 10.9 Å². The number of hydrogen-bond acceptors (Lipinski definition) is 4. The number of hydrogen-bond donors (Lipinski definition) is 1. The number of carbonyl (C=O) groups is 1. The number of nitrogens with zero attached hydrogens (tertiary/aromatic N) is 4. The van der Waals surface area contributed by atoms with Crippen LogP contribution in [0.3, 0.4) is 0 Å². The number of aromatic nitrogens is 4. The Morgan fingerprint density at radius 2 is 2.04 bits per heavy atom. The van der Waals surface area contributed by atoms with Crippen molar-refractivity contribution < 1.29 is 9.18 Å². The molecule has 1 saturated carbocycles. The lowest BCUT2D eigenvalue weighted by Crippen LogP contribution is -2.33. The van der Waals surface area contributed by atoms with E-state index in [9.17, 15) is 14.0 Å². The van der Waals surface area contributed by atoms with Gasteiger partial charge < -0.3 is 5.32 Å². The van der Waals surface area contributed by atoms with Gasteiger partial charge in [-0.2, -0.15) is 10.2 Å². The van der Waals surface area contributed by atoms with E-state index in [2.05, 4.69) is 15.5 Å². The van der Waals surface area contributed by atoms with Gasteiger partial charge in [0.2, 0.25) is 5.91 Å². The summed E-state index contributed by atoms with van der Waals surface area (Å²) in [7, 11) is 1.51. The zero-order valence-electron chi connectivity index (χ0n) is 13.6. The number of amides is 1. The summed E-state index contributed by atoms with van der Waals surface area (Å²) in [5.41, 5.74) is 1.32. The van der Waals surface area contributed by atoms with Crippen LogP contribution in [0.1, 0.15) is 24.5 Å². The predicted octanol–water partition coefficient (Wildman–Crippen LogP) is 1.34. The first-order valence-electron chi connectivity index (χ1n) is 8.03. The van der Waals surface area contributed by atoms with Crippen molar-refractivity contribution in [3.63, 3.8) is 0 Å². The van der Waals surface area contributed by atoms with E-state index in [4.69, 9.17) is 0 Å². The zero-order valence-corrected chi connectivity index (χ0v) is 13.6. The number of likely N-dealkylation sites (N-methyl/N-ethyl adjacent to an activating group) is 1. The fourth-order valence-corrected chi connectivity index (χ4v) is 2.85. The van der Waals surface area contributed by atoms with Gasteiger partial charge >= 0.3 is 0 Å². The molecule has 8 heteroatoms. The van der Waals surface area contributed by atoms with Crippen molar-refractivity contribution in [3.8, 4) is 5.69 Å². The van der Waals surface area contributed by atoms with Crippen LogP contribution in [0.4, 0.5) is 4.39 Å². The smallest absolute Gasteiger partial charge is 0.293 e. The van der Waals surface area contributed by atoms with Gasteiger partial charge in [-0.1, -0.05) is 0 Å². The Morgan fingerprint density at radius 3 is 2.68 bits per heavy atom. The minimum atomic E-state index is -0.398. The van der Waals surface area contributed by atoms with Crippen LogP contribution in [-0.4, -0.2) is 32.5 Å². The molecule has 1 aliphatic rings. The summed E-state index contributed by atoms with van der Waals surface area (Å²) in [6.45, 7) is -0.153. The van der Waals surface area contributed by atoms with E-state index >= 15 is 0 Å². The second-order valence-electron chi connectivity index (χ2n) is 6.09. The van der Waals surface area contributed by atoms with Gasteiger partial charge in [0.1, 0.15) is 17.9 Å². The van der Waals surface area contributed by atoms with Crippen LogP contribution in [0.15, 0.2) is 35.3 Å². The highest BCUT2D eigenvalue weighted by atomic mass is 19.1. The number of rotatable bonds is 4. The van der Waals surface area contributed by atoms with E-state index in [1.165, 1.54) is 28.5 Å².